The van der Waals surface area contributed by atoms with Gasteiger partial charge in [-0.3, -0.25) is 9.59 Å². The van der Waals surface area contributed by atoms with Gasteiger partial charge in [0.1, 0.15) is 11.9 Å². The number of hydrogen-bond acceptors (Lipinski definition) is 3. The van der Waals surface area contributed by atoms with Crippen LogP contribution >= 0.6 is 0 Å². The molecule has 2 rings (SSSR count). The smallest absolute Gasteiger partial charge is 0.368 e. The molecule has 1 fully saturated rings. The molecule has 2 amide bonds. The molecule has 1 aromatic carbocycles. The molecule has 0 aliphatic carbocycles. The number of carbonyl (C=O) groups excluding carboxylic acids is 2. The highest BCUT2D eigenvalue weighted by molar-refractivity contribution is 5.97. The van der Waals surface area contributed by atoms with Crippen LogP contribution in [0.25, 0.3) is 0 Å². The second-order valence-electron chi connectivity index (χ2n) is 4.96. The van der Waals surface area contributed by atoms with E-state index in [9.17, 15) is 27.2 Å². The molecular formula is C13H13F4N3O2. The van der Waals surface area contributed by atoms with E-state index in [1.165, 1.54) is 0 Å². The Morgan fingerprint density at radius 2 is 1.95 bits per heavy atom. The first-order chi connectivity index (χ1) is 10.2. The van der Waals surface area contributed by atoms with Crippen molar-refractivity contribution in [2.24, 2.45) is 11.7 Å². The van der Waals surface area contributed by atoms with E-state index in [1.54, 1.807) is 0 Å². The van der Waals surface area contributed by atoms with Crippen molar-refractivity contribution in [3.05, 3.63) is 35.1 Å². The topological polar surface area (TPSA) is 84.2 Å². The van der Waals surface area contributed by atoms with Gasteiger partial charge in [-0.1, -0.05) is 0 Å². The van der Waals surface area contributed by atoms with E-state index in [1.807, 2.05) is 0 Å². The third kappa shape index (κ3) is 3.35. The highest BCUT2D eigenvalue weighted by Crippen LogP contribution is 2.31. The molecule has 1 aromatic rings. The second kappa shape index (κ2) is 5.91. The number of hydrogen-bond donors (Lipinski definition) is 3. The SMILES string of the molecule is NC(=O)C(NC(=O)c1ccc(F)c(C(F)(F)F)c1)C1CNC1. The summed E-state index contributed by atoms with van der Waals surface area (Å²) >= 11 is 0. The third-order valence-corrected chi connectivity index (χ3v) is 3.41. The van der Waals surface area contributed by atoms with Gasteiger partial charge < -0.3 is 16.4 Å². The molecule has 120 valence electrons. The summed E-state index contributed by atoms with van der Waals surface area (Å²) in [5.41, 5.74) is 3.24. The highest BCUT2D eigenvalue weighted by Gasteiger charge is 2.36. The van der Waals surface area contributed by atoms with Crippen LogP contribution in [-0.2, 0) is 11.0 Å². The molecule has 0 radical (unpaired) electrons. The van der Waals surface area contributed by atoms with E-state index in [0.29, 0.717) is 25.2 Å². The van der Waals surface area contributed by atoms with Crippen molar-refractivity contribution < 1.29 is 27.2 Å². The number of primary amides is 1. The van der Waals surface area contributed by atoms with Crippen LogP contribution in [0.2, 0.25) is 0 Å². The standard InChI is InChI=1S/C13H13F4N3O2/c14-9-2-1-6(3-8(9)13(15,16)17)12(22)20-10(11(18)21)7-4-19-5-7/h1-3,7,10,19H,4-5H2,(H2,18,21)(H,20,22). The molecule has 1 atom stereocenters. The lowest BCUT2D eigenvalue weighted by Gasteiger charge is -2.33. The Kier molecular flexibility index (Phi) is 4.36. The van der Waals surface area contributed by atoms with Crippen molar-refractivity contribution in [2.45, 2.75) is 12.2 Å². The maximum Gasteiger partial charge on any atom is 0.419 e. The van der Waals surface area contributed by atoms with Crippen LogP contribution in [0, 0.1) is 11.7 Å². The van der Waals surface area contributed by atoms with Gasteiger partial charge in [0, 0.05) is 24.6 Å². The molecule has 0 aromatic heterocycles. The average Bonchev–Trinajstić information content (AvgIpc) is 2.34. The van der Waals surface area contributed by atoms with Gasteiger partial charge in [0.2, 0.25) is 5.91 Å². The molecule has 0 spiro atoms. The van der Waals surface area contributed by atoms with Crippen molar-refractivity contribution in [1.29, 1.82) is 0 Å². The maximum atomic E-state index is 13.2. The molecule has 1 aliphatic rings. The van der Waals surface area contributed by atoms with E-state index in [4.69, 9.17) is 5.73 Å². The first kappa shape index (κ1) is 16.2. The molecule has 9 heteroatoms. The lowest BCUT2D eigenvalue weighted by atomic mass is 9.93. The zero-order valence-electron chi connectivity index (χ0n) is 11.2. The van der Waals surface area contributed by atoms with Gasteiger partial charge in [0.25, 0.3) is 5.91 Å². The van der Waals surface area contributed by atoms with E-state index in [2.05, 4.69) is 10.6 Å². The predicted molar refractivity (Wildman–Crippen MR) is 68.2 cm³/mol. The number of rotatable bonds is 4. The molecule has 5 nitrogen and oxygen atoms in total. The van der Waals surface area contributed by atoms with Gasteiger partial charge in [0.15, 0.2) is 0 Å². The average molecular weight is 319 g/mol. The van der Waals surface area contributed by atoms with E-state index >= 15 is 0 Å². The zero-order valence-corrected chi connectivity index (χ0v) is 11.2. The normalized spacial score (nSPS) is 16.7. The minimum Gasteiger partial charge on any atom is -0.368 e. The van der Waals surface area contributed by atoms with E-state index in [0.717, 1.165) is 6.07 Å². The van der Waals surface area contributed by atoms with Gasteiger partial charge in [-0.25, -0.2) is 4.39 Å². The van der Waals surface area contributed by atoms with Crippen LogP contribution in [0.15, 0.2) is 18.2 Å². The first-order valence-corrected chi connectivity index (χ1v) is 6.38. The summed E-state index contributed by atoms with van der Waals surface area (Å²) in [6.07, 6.45) is -4.92. The largest absolute Gasteiger partial charge is 0.419 e. The lowest BCUT2D eigenvalue weighted by molar-refractivity contribution is -0.140. The monoisotopic (exact) mass is 319 g/mol. The van der Waals surface area contributed by atoms with Gasteiger partial charge in [-0.15, -0.1) is 0 Å². The Bertz CT molecular complexity index is 599. The number of nitrogens with two attached hydrogens (primary N) is 1. The lowest BCUT2D eigenvalue weighted by Crippen LogP contribution is -2.59. The van der Waals surface area contributed by atoms with Crippen LogP contribution in [0.3, 0.4) is 0 Å². The number of alkyl halides is 3. The van der Waals surface area contributed by atoms with Crippen molar-refractivity contribution in [1.82, 2.24) is 10.6 Å². The summed E-state index contributed by atoms with van der Waals surface area (Å²) < 4.78 is 51.0. The van der Waals surface area contributed by atoms with Gasteiger partial charge >= 0.3 is 6.18 Å². The second-order valence-corrected chi connectivity index (χ2v) is 4.96. The van der Waals surface area contributed by atoms with Crippen molar-refractivity contribution in [2.75, 3.05) is 13.1 Å². The number of benzene rings is 1. The third-order valence-electron chi connectivity index (χ3n) is 3.41. The fourth-order valence-electron chi connectivity index (χ4n) is 2.08. The van der Waals surface area contributed by atoms with Crippen LogP contribution in [-0.4, -0.2) is 30.9 Å². The molecule has 4 N–H and O–H groups in total. The first-order valence-electron chi connectivity index (χ1n) is 6.38. The van der Waals surface area contributed by atoms with Crippen LogP contribution in [0.1, 0.15) is 15.9 Å². The van der Waals surface area contributed by atoms with Crippen LogP contribution < -0.4 is 16.4 Å². The Morgan fingerprint density at radius 3 is 2.41 bits per heavy atom. The molecule has 1 heterocycles. The van der Waals surface area contributed by atoms with Crippen LogP contribution in [0.5, 0.6) is 0 Å². The van der Waals surface area contributed by atoms with Gasteiger partial charge in [-0.2, -0.15) is 13.2 Å². The van der Waals surface area contributed by atoms with Crippen molar-refractivity contribution in [3.63, 3.8) is 0 Å². The number of carbonyl (C=O) groups is 2. The molecule has 1 unspecified atom stereocenters. The Morgan fingerprint density at radius 1 is 1.32 bits per heavy atom. The predicted octanol–water partition coefficient (Wildman–Crippen LogP) is 0.648. The number of amides is 2. The highest BCUT2D eigenvalue weighted by atomic mass is 19.4. The fraction of sp³-hybridized carbons (Fsp3) is 0.385. The molecule has 0 bridgehead atoms. The molecular weight excluding hydrogens is 306 g/mol. The van der Waals surface area contributed by atoms with Crippen LogP contribution in [0.4, 0.5) is 17.6 Å². The maximum absolute atomic E-state index is 13.2. The molecule has 0 saturated carbocycles. The molecule has 1 saturated heterocycles. The molecule has 22 heavy (non-hydrogen) atoms. The Balaban J connectivity index is 2.20. The quantitative estimate of drug-likeness (QED) is 0.713. The summed E-state index contributed by atoms with van der Waals surface area (Å²) in [6.45, 7) is 0.927. The number of nitrogens with one attached hydrogen (secondary N) is 2. The molecule has 1 aliphatic heterocycles. The van der Waals surface area contributed by atoms with Crippen molar-refractivity contribution >= 4 is 11.8 Å². The van der Waals surface area contributed by atoms with E-state index in [-0.39, 0.29) is 5.92 Å². The summed E-state index contributed by atoms with van der Waals surface area (Å²) in [7, 11) is 0. The fourth-order valence-corrected chi connectivity index (χ4v) is 2.08. The Labute approximate surface area is 122 Å². The minimum atomic E-state index is -4.92. The summed E-state index contributed by atoms with van der Waals surface area (Å²) in [4.78, 5) is 23.3. The van der Waals surface area contributed by atoms with E-state index < -0.39 is 41.0 Å². The van der Waals surface area contributed by atoms with Gasteiger partial charge in [-0.05, 0) is 18.2 Å². The minimum absolute atomic E-state index is 0.219. The van der Waals surface area contributed by atoms with Crippen molar-refractivity contribution in [3.8, 4) is 0 Å². The summed E-state index contributed by atoms with van der Waals surface area (Å²) in [5.74, 6) is -3.39. The Hall–Kier alpha value is -2.16. The number of halogens is 4. The van der Waals surface area contributed by atoms with Gasteiger partial charge in [0.05, 0.1) is 5.56 Å². The zero-order chi connectivity index (χ0) is 16.5. The summed E-state index contributed by atoms with van der Waals surface area (Å²) in [5, 5.41) is 5.18. The summed E-state index contributed by atoms with van der Waals surface area (Å²) in [6, 6.07) is 0.883.